The first-order chi connectivity index (χ1) is 14.3. The highest BCUT2D eigenvalue weighted by molar-refractivity contribution is 6.02. The molecule has 1 aliphatic rings. The summed E-state index contributed by atoms with van der Waals surface area (Å²) in [6.45, 7) is 5.57. The molecule has 0 saturated carbocycles. The lowest BCUT2D eigenvalue weighted by Crippen LogP contribution is -2.40. The molecule has 6 heteroatoms. The van der Waals surface area contributed by atoms with Crippen LogP contribution in [-0.4, -0.2) is 38.2 Å². The van der Waals surface area contributed by atoms with E-state index in [1.807, 2.05) is 31.2 Å². The third-order valence-electron chi connectivity index (χ3n) is 5.15. The zero-order valence-electron chi connectivity index (χ0n) is 18.2. The molecule has 3 rings (SSSR count). The van der Waals surface area contributed by atoms with Crippen LogP contribution in [0.15, 0.2) is 30.3 Å². The summed E-state index contributed by atoms with van der Waals surface area (Å²) in [6.07, 6.45) is 1.88. The molecule has 0 heterocycles. The minimum Gasteiger partial charge on any atom is -0.493 e. The van der Waals surface area contributed by atoms with Gasteiger partial charge >= 0.3 is 5.97 Å². The molecule has 1 aliphatic carbocycles. The van der Waals surface area contributed by atoms with E-state index in [0.717, 1.165) is 28.7 Å². The van der Waals surface area contributed by atoms with Crippen molar-refractivity contribution in [2.24, 2.45) is 0 Å². The molecule has 0 saturated heterocycles. The molecule has 0 aliphatic heterocycles. The van der Waals surface area contributed by atoms with Crippen molar-refractivity contribution in [3.05, 3.63) is 41.5 Å². The Morgan fingerprint density at radius 2 is 1.70 bits per heavy atom. The fraction of sp³-hybridized carbons (Fsp3) is 0.417. The molecule has 0 spiro atoms. The standard InChI is InChI=1S/C24H28O6/c1-6-14-29-23(26)24(2,3)30-21-18(11-13-20(27-4)22(21)28-5)15-8-7-9-17-16(15)10-12-19(17)25/h7-9,11,13H,6,10,12,14H2,1-5H3. The molecule has 0 unspecified atom stereocenters. The van der Waals surface area contributed by atoms with Crippen molar-refractivity contribution in [2.45, 2.75) is 45.6 Å². The first-order valence-corrected chi connectivity index (χ1v) is 10.1. The van der Waals surface area contributed by atoms with E-state index in [4.69, 9.17) is 18.9 Å². The molecule has 160 valence electrons. The minimum atomic E-state index is -1.25. The number of benzene rings is 2. The van der Waals surface area contributed by atoms with Gasteiger partial charge in [-0.25, -0.2) is 4.79 Å². The van der Waals surface area contributed by atoms with E-state index in [9.17, 15) is 9.59 Å². The molecule has 6 nitrogen and oxygen atoms in total. The minimum absolute atomic E-state index is 0.137. The largest absolute Gasteiger partial charge is 0.493 e. The molecule has 2 aromatic carbocycles. The van der Waals surface area contributed by atoms with Crippen LogP contribution in [0.1, 0.15) is 49.5 Å². The summed E-state index contributed by atoms with van der Waals surface area (Å²) in [7, 11) is 3.07. The van der Waals surface area contributed by atoms with E-state index < -0.39 is 11.6 Å². The summed E-state index contributed by atoms with van der Waals surface area (Å²) in [4.78, 5) is 24.8. The summed E-state index contributed by atoms with van der Waals surface area (Å²) >= 11 is 0. The van der Waals surface area contributed by atoms with Crippen LogP contribution in [0.4, 0.5) is 0 Å². The summed E-state index contributed by atoms with van der Waals surface area (Å²) in [5.41, 5.74) is 2.07. The fourth-order valence-corrected chi connectivity index (χ4v) is 3.62. The molecule has 0 bridgehead atoms. The SMILES string of the molecule is CCCOC(=O)C(C)(C)Oc1c(-c2cccc3c2CCC3=O)ccc(OC)c1OC. The second-order valence-corrected chi connectivity index (χ2v) is 7.68. The molecule has 0 fully saturated rings. The number of rotatable bonds is 8. The Bertz CT molecular complexity index is 960. The molecule has 2 aromatic rings. The van der Waals surface area contributed by atoms with Gasteiger partial charge in [-0.1, -0.05) is 25.1 Å². The van der Waals surface area contributed by atoms with Gasteiger partial charge in [0.05, 0.1) is 20.8 Å². The Morgan fingerprint density at radius 1 is 0.967 bits per heavy atom. The number of ether oxygens (including phenoxy) is 4. The van der Waals surface area contributed by atoms with Gasteiger partial charge in [0.1, 0.15) is 0 Å². The maximum Gasteiger partial charge on any atom is 0.349 e. The van der Waals surface area contributed by atoms with Crippen molar-refractivity contribution >= 4 is 11.8 Å². The molecular weight excluding hydrogens is 384 g/mol. The van der Waals surface area contributed by atoms with E-state index >= 15 is 0 Å². The highest BCUT2D eigenvalue weighted by Gasteiger charge is 2.35. The zero-order chi connectivity index (χ0) is 21.9. The number of carbonyl (C=O) groups is 2. The Hall–Kier alpha value is -3.02. The average molecular weight is 412 g/mol. The molecule has 30 heavy (non-hydrogen) atoms. The van der Waals surface area contributed by atoms with E-state index in [-0.39, 0.29) is 5.78 Å². The van der Waals surface area contributed by atoms with Crippen molar-refractivity contribution in [2.75, 3.05) is 20.8 Å². The van der Waals surface area contributed by atoms with E-state index in [2.05, 4.69) is 0 Å². The number of carbonyl (C=O) groups excluding carboxylic acids is 2. The van der Waals surface area contributed by atoms with Gasteiger partial charge in [-0.15, -0.1) is 0 Å². The Balaban J connectivity index is 2.14. The van der Waals surface area contributed by atoms with Crippen LogP contribution in [0.25, 0.3) is 11.1 Å². The quantitative estimate of drug-likeness (QED) is 0.590. The van der Waals surface area contributed by atoms with E-state index in [0.29, 0.717) is 36.7 Å². The van der Waals surface area contributed by atoms with Gasteiger partial charge in [-0.2, -0.15) is 0 Å². The average Bonchev–Trinajstić information content (AvgIpc) is 3.12. The summed E-state index contributed by atoms with van der Waals surface area (Å²) in [6, 6.07) is 9.32. The molecule has 0 N–H and O–H groups in total. The van der Waals surface area contributed by atoms with Crippen molar-refractivity contribution in [3.63, 3.8) is 0 Å². The van der Waals surface area contributed by atoms with E-state index in [1.165, 1.54) is 7.11 Å². The topological polar surface area (TPSA) is 71.1 Å². The van der Waals surface area contributed by atoms with Crippen LogP contribution in [0.5, 0.6) is 17.2 Å². The van der Waals surface area contributed by atoms with Crippen molar-refractivity contribution < 1.29 is 28.5 Å². The molecular formula is C24H28O6. The van der Waals surface area contributed by atoms with Gasteiger partial charge in [0.2, 0.25) is 5.75 Å². The van der Waals surface area contributed by atoms with Crippen molar-refractivity contribution in [1.29, 1.82) is 0 Å². The predicted octanol–water partition coefficient (Wildman–Crippen LogP) is 4.61. The zero-order valence-corrected chi connectivity index (χ0v) is 18.2. The van der Waals surface area contributed by atoms with Gasteiger partial charge in [0.15, 0.2) is 22.9 Å². The van der Waals surface area contributed by atoms with Crippen molar-refractivity contribution in [3.8, 4) is 28.4 Å². The smallest absolute Gasteiger partial charge is 0.349 e. The lowest BCUT2D eigenvalue weighted by molar-refractivity contribution is -0.159. The third kappa shape index (κ3) is 3.99. The number of hydrogen-bond donors (Lipinski definition) is 0. The fourth-order valence-electron chi connectivity index (χ4n) is 3.62. The highest BCUT2D eigenvalue weighted by Crippen LogP contribution is 2.47. The number of esters is 1. The van der Waals surface area contributed by atoms with Crippen LogP contribution in [-0.2, 0) is 16.0 Å². The maximum atomic E-state index is 12.6. The summed E-state index contributed by atoms with van der Waals surface area (Å²) < 4.78 is 22.6. The normalized spacial score (nSPS) is 13.0. The lowest BCUT2D eigenvalue weighted by atomic mass is 9.95. The van der Waals surface area contributed by atoms with Crippen LogP contribution >= 0.6 is 0 Å². The van der Waals surface area contributed by atoms with E-state index in [1.54, 1.807) is 27.0 Å². The van der Waals surface area contributed by atoms with Gasteiger partial charge in [-0.3, -0.25) is 4.79 Å². The Kier molecular flexibility index (Phi) is 6.34. The highest BCUT2D eigenvalue weighted by atomic mass is 16.6. The maximum absolute atomic E-state index is 12.6. The van der Waals surface area contributed by atoms with Gasteiger partial charge in [0, 0.05) is 17.5 Å². The van der Waals surface area contributed by atoms with Crippen LogP contribution in [0, 0.1) is 0 Å². The summed E-state index contributed by atoms with van der Waals surface area (Å²) in [5, 5.41) is 0. The van der Waals surface area contributed by atoms with Gasteiger partial charge in [0.25, 0.3) is 0 Å². The summed E-state index contributed by atoms with van der Waals surface area (Å²) in [5.74, 6) is 0.917. The number of fused-ring (bicyclic) bond motifs is 1. The van der Waals surface area contributed by atoms with Gasteiger partial charge < -0.3 is 18.9 Å². The third-order valence-corrected chi connectivity index (χ3v) is 5.15. The lowest BCUT2D eigenvalue weighted by Gasteiger charge is -2.28. The van der Waals surface area contributed by atoms with Crippen LogP contribution in [0.3, 0.4) is 0 Å². The first-order valence-electron chi connectivity index (χ1n) is 10.1. The van der Waals surface area contributed by atoms with Gasteiger partial charge in [-0.05, 0) is 49.9 Å². The second-order valence-electron chi connectivity index (χ2n) is 7.68. The Morgan fingerprint density at radius 3 is 2.37 bits per heavy atom. The number of methoxy groups -OCH3 is 2. The number of Topliss-reactive ketones (excluding diaryl/α,β-unsaturated/α-hetero) is 1. The Labute approximate surface area is 177 Å². The van der Waals surface area contributed by atoms with Crippen LogP contribution < -0.4 is 14.2 Å². The first kappa shape index (κ1) is 21.7. The molecule has 0 aromatic heterocycles. The molecule has 0 radical (unpaired) electrons. The monoisotopic (exact) mass is 412 g/mol. The number of ketones is 1. The second kappa shape index (κ2) is 8.78. The van der Waals surface area contributed by atoms with Crippen molar-refractivity contribution in [1.82, 2.24) is 0 Å². The molecule has 0 atom stereocenters. The molecule has 0 amide bonds. The van der Waals surface area contributed by atoms with Crippen LogP contribution in [0.2, 0.25) is 0 Å². The predicted molar refractivity (Wildman–Crippen MR) is 114 cm³/mol. The number of hydrogen-bond acceptors (Lipinski definition) is 6.